The van der Waals surface area contributed by atoms with Crippen LogP contribution in [0.15, 0.2) is 17.0 Å². The highest BCUT2D eigenvalue weighted by Crippen LogP contribution is 2.26. The van der Waals surface area contributed by atoms with E-state index >= 15 is 0 Å². The monoisotopic (exact) mass is 319 g/mol. The van der Waals surface area contributed by atoms with Crippen molar-refractivity contribution in [3.63, 3.8) is 0 Å². The number of nitrogens with zero attached hydrogens (tertiary/aromatic N) is 1. The lowest BCUT2D eigenvalue weighted by Gasteiger charge is -2.18. The maximum Gasteiger partial charge on any atom is 0.337 e. The molecule has 0 amide bonds. The van der Waals surface area contributed by atoms with Gasteiger partial charge in [0.15, 0.2) is 0 Å². The fourth-order valence-electron chi connectivity index (χ4n) is 1.49. The van der Waals surface area contributed by atoms with Crippen LogP contribution in [0.5, 0.6) is 0 Å². The molecule has 0 saturated heterocycles. The Hall–Kier alpha value is -1.62. The van der Waals surface area contributed by atoms with E-state index in [1.54, 1.807) is 6.92 Å². The van der Waals surface area contributed by atoms with Gasteiger partial charge in [-0.15, -0.1) is 6.42 Å². The molecule has 0 aliphatic rings. The minimum atomic E-state index is -4.08. The van der Waals surface area contributed by atoms with E-state index in [4.69, 9.17) is 23.1 Å². The van der Waals surface area contributed by atoms with Gasteiger partial charge < -0.3 is 5.11 Å². The number of carboxylic acid groups (broad SMARTS) is 1. The largest absolute Gasteiger partial charge is 0.478 e. The molecule has 0 saturated carbocycles. The SMILES string of the molecule is C#CCN(CC)S(=O)(=O)c1cc(F)c(Cl)c(C(=O)O)c1. The molecule has 0 spiro atoms. The molecule has 0 atom stereocenters. The van der Waals surface area contributed by atoms with Gasteiger partial charge in [-0.3, -0.25) is 0 Å². The van der Waals surface area contributed by atoms with Crippen molar-refractivity contribution in [3.05, 3.63) is 28.5 Å². The first-order chi connectivity index (χ1) is 9.25. The van der Waals surface area contributed by atoms with E-state index in [2.05, 4.69) is 5.92 Å². The van der Waals surface area contributed by atoms with E-state index in [1.807, 2.05) is 0 Å². The number of carboxylic acids is 1. The zero-order chi connectivity index (χ0) is 15.5. The molecule has 0 bridgehead atoms. The van der Waals surface area contributed by atoms with E-state index in [0.717, 1.165) is 10.4 Å². The molecule has 0 fully saturated rings. The highest BCUT2D eigenvalue weighted by Gasteiger charge is 2.26. The second-order valence-corrected chi connectivity index (χ2v) is 6.02. The third kappa shape index (κ3) is 3.10. The van der Waals surface area contributed by atoms with Crippen molar-refractivity contribution in [1.29, 1.82) is 0 Å². The van der Waals surface area contributed by atoms with Crippen LogP contribution in [0.4, 0.5) is 4.39 Å². The maximum absolute atomic E-state index is 13.6. The summed E-state index contributed by atoms with van der Waals surface area (Å²) in [4.78, 5) is 10.4. The minimum Gasteiger partial charge on any atom is -0.478 e. The number of carbonyl (C=O) groups is 1. The molecular formula is C12H11ClFNO4S. The third-order valence-corrected chi connectivity index (χ3v) is 4.77. The zero-order valence-electron chi connectivity index (χ0n) is 10.4. The van der Waals surface area contributed by atoms with E-state index in [0.29, 0.717) is 6.07 Å². The van der Waals surface area contributed by atoms with Gasteiger partial charge >= 0.3 is 5.97 Å². The van der Waals surface area contributed by atoms with Gasteiger partial charge in [0.2, 0.25) is 10.0 Å². The summed E-state index contributed by atoms with van der Waals surface area (Å²) < 4.78 is 38.9. The molecule has 1 aromatic rings. The van der Waals surface area contributed by atoms with Crippen LogP contribution >= 0.6 is 11.6 Å². The number of terminal acetylenes is 1. The topological polar surface area (TPSA) is 74.7 Å². The van der Waals surface area contributed by atoms with Crippen LogP contribution in [0, 0.1) is 18.2 Å². The summed E-state index contributed by atoms with van der Waals surface area (Å²) in [6.45, 7) is 1.42. The van der Waals surface area contributed by atoms with Crippen LogP contribution in [0.3, 0.4) is 0 Å². The normalized spacial score (nSPS) is 11.3. The molecule has 20 heavy (non-hydrogen) atoms. The second-order valence-electron chi connectivity index (χ2n) is 3.71. The van der Waals surface area contributed by atoms with Gasteiger partial charge in [0.1, 0.15) is 5.82 Å². The number of aromatic carboxylic acids is 1. The average molecular weight is 320 g/mol. The second kappa shape index (κ2) is 6.22. The van der Waals surface area contributed by atoms with E-state index < -0.39 is 37.3 Å². The fourth-order valence-corrected chi connectivity index (χ4v) is 3.08. The number of sulfonamides is 1. The van der Waals surface area contributed by atoms with Crippen molar-refractivity contribution in [2.45, 2.75) is 11.8 Å². The number of benzene rings is 1. The summed E-state index contributed by atoms with van der Waals surface area (Å²) in [6, 6.07) is 1.48. The van der Waals surface area contributed by atoms with Gasteiger partial charge in [0.05, 0.1) is 22.0 Å². The van der Waals surface area contributed by atoms with Crippen molar-refractivity contribution in [3.8, 4) is 12.3 Å². The molecule has 0 aliphatic heterocycles. The summed E-state index contributed by atoms with van der Waals surface area (Å²) in [5.74, 6) is -0.477. The predicted molar refractivity (Wildman–Crippen MR) is 71.6 cm³/mol. The van der Waals surface area contributed by atoms with Crippen LogP contribution < -0.4 is 0 Å². The molecule has 0 unspecified atom stereocenters. The average Bonchev–Trinajstić information content (AvgIpc) is 2.38. The molecule has 1 N–H and O–H groups in total. The van der Waals surface area contributed by atoms with Gasteiger partial charge in [0.25, 0.3) is 0 Å². The maximum atomic E-state index is 13.6. The smallest absolute Gasteiger partial charge is 0.337 e. The van der Waals surface area contributed by atoms with E-state index in [1.165, 1.54) is 0 Å². The van der Waals surface area contributed by atoms with Gasteiger partial charge in [-0.2, -0.15) is 4.31 Å². The molecule has 0 heterocycles. The predicted octanol–water partition coefficient (Wildman–Crippen LogP) is 1.82. The van der Waals surface area contributed by atoms with Crippen LogP contribution in [-0.4, -0.2) is 36.9 Å². The first kappa shape index (κ1) is 16.4. The highest BCUT2D eigenvalue weighted by atomic mass is 35.5. The van der Waals surface area contributed by atoms with Crippen molar-refractivity contribution in [2.24, 2.45) is 0 Å². The van der Waals surface area contributed by atoms with Crippen molar-refractivity contribution >= 4 is 27.6 Å². The lowest BCUT2D eigenvalue weighted by Crippen LogP contribution is -2.31. The van der Waals surface area contributed by atoms with Crippen molar-refractivity contribution < 1.29 is 22.7 Å². The molecule has 108 valence electrons. The van der Waals surface area contributed by atoms with Crippen LogP contribution in [0.1, 0.15) is 17.3 Å². The summed E-state index contributed by atoms with van der Waals surface area (Å²) >= 11 is 5.49. The van der Waals surface area contributed by atoms with Gasteiger partial charge in [-0.05, 0) is 12.1 Å². The van der Waals surface area contributed by atoms with E-state index in [-0.39, 0.29) is 13.1 Å². The first-order valence-electron chi connectivity index (χ1n) is 5.41. The Balaban J connectivity index is 3.47. The lowest BCUT2D eigenvalue weighted by atomic mass is 10.2. The standard InChI is InChI=1S/C12H11ClFNO4S/c1-3-5-15(4-2)20(18,19)8-6-9(12(16)17)11(13)10(14)7-8/h1,6-7H,4-5H2,2H3,(H,16,17). The Morgan fingerprint density at radius 2 is 2.15 bits per heavy atom. The molecule has 1 aromatic carbocycles. The first-order valence-corrected chi connectivity index (χ1v) is 7.23. The molecular weight excluding hydrogens is 309 g/mol. The molecule has 1 rings (SSSR count). The minimum absolute atomic E-state index is 0.0686. The highest BCUT2D eigenvalue weighted by molar-refractivity contribution is 7.89. The Labute approximate surface area is 121 Å². The van der Waals surface area contributed by atoms with Crippen molar-refractivity contribution in [2.75, 3.05) is 13.1 Å². The molecule has 0 radical (unpaired) electrons. The van der Waals surface area contributed by atoms with Crippen LogP contribution in [0.2, 0.25) is 5.02 Å². The quantitative estimate of drug-likeness (QED) is 0.840. The molecule has 5 nitrogen and oxygen atoms in total. The van der Waals surface area contributed by atoms with Gasteiger partial charge in [-0.25, -0.2) is 17.6 Å². The Bertz CT molecular complexity index is 681. The number of hydrogen-bond acceptors (Lipinski definition) is 3. The molecule has 0 aliphatic carbocycles. The summed E-state index contributed by atoms with van der Waals surface area (Å²) in [6.07, 6.45) is 5.07. The Morgan fingerprint density at radius 1 is 1.55 bits per heavy atom. The number of hydrogen-bond donors (Lipinski definition) is 1. The Morgan fingerprint density at radius 3 is 2.60 bits per heavy atom. The molecule has 0 aromatic heterocycles. The summed E-state index contributed by atoms with van der Waals surface area (Å²) in [7, 11) is -4.08. The van der Waals surface area contributed by atoms with Gasteiger partial charge in [0, 0.05) is 6.54 Å². The Kier molecular flexibility index (Phi) is 5.11. The van der Waals surface area contributed by atoms with Gasteiger partial charge in [-0.1, -0.05) is 24.4 Å². The summed E-state index contributed by atoms with van der Waals surface area (Å²) in [5, 5.41) is 8.25. The van der Waals surface area contributed by atoms with Crippen LogP contribution in [0.25, 0.3) is 0 Å². The lowest BCUT2D eigenvalue weighted by molar-refractivity contribution is 0.0696. The van der Waals surface area contributed by atoms with Crippen molar-refractivity contribution in [1.82, 2.24) is 4.31 Å². The fraction of sp³-hybridized carbons (Fsp3) is 0.250. The third-order valence-electron chi connectivity index (χ3n) is 2.49. The van der Waals surface area contributed by atoms with E-state index in [9.17, 15) is 17.6 Å². The molecule has 8 heteroatoms. The summed E-state index contributed by atoms with van der Waals surface area (Å²) in [5.41, 5.74) is -0.623. The number of rotatable bonds is 5. The van der Waals surface area contributed by atoms with Crippen LogP contribution in [-0.2, 0) is 10.0 Å². The zero-order valence-corrected chi connectivity index (χ0v) is 12.0. The number of halogens is 2.